The summed E-state index contributed by atoms with van der Waals surface area (Å²) in [5.74, 6) is 2.19. The van der Waals surface area contributed by atoms with Crippen LogP contribution in [-0.2, 0) is 11.2 Å². The molecular weight excluding hydrogens is 316 g/mol. The van der Waals surface area contributed by atoms with E-state index in [2.05, 4.69) is 4.98 Å². The molecule has 0 spiro atoms. The molecule has 1 saturated heterocycles. The Morgan fingerprint density at radius 2 is 2.04 bits per heavy atom. The van der Waals surface area contributed by atoms with E-state index in [0.717, 1.165) is 43.0 Å². The van der Waals surface area contributed by atoms with E-state index in [0.29, 0.717) is 18.9 Å². The van der Waals surface area contributed by atoms with Gasteiger partial charge >= 0.3 is 0 Å². The minimum absolute atomic E-state index is 0.169. The first-order chi connectivity index (χ1) is 12.2. The Bertz CT molecular complexity index is 673. The summed E-state index contributed by atoms with van der Waals surface area (Å²) in [5, 5.41) is 0. The molecule has 1 aromatic heterocycles. The van der Waals surface area contributed by atoms with Gasteiger partial charge in [-0.1, -0.05) is 6.07 Å². The summed E-state index contributed by atoms with van der Waals surface area (Å²) in [5.41, 5.74) is 0.962. The van der Waals surface area contributed by atoms with E-state index in [1.807, 2.05) is 41.3 Å². The molecular formula is C20H24N2O3. The van der Waals surface area contributed by atoms with Gasteiger partial charge in [-0.15, -0.1) is 0 Å². The number of pyridine rings is 1. The molecule has 1 unspecified atom stereocenters. The smallest absolute Gasteiger partial charge is 0.227 e. The highest BCUT2D eigenvalue weighted by molar-refractivity contribution is 5.78. The van der Waals surface area contributed by atoms with Crippen molar-refractivity contribution < 1.29 is 14.3 Å². The third kappa shape index (κ3) is 4.95. The molecule has 132 valence electrons. The number of nitrogens with zero attached hydrogens (tertiary/aromatic N) is 2. The van der Waals surface area contributed by atoms with Gasteiger partial charge in [-0.2, -0.15) is 0 Å². The van der Waals surface area contributed by atoms with E-state index in [1.165, 1.54) is 0 Å². The molecule has 1 aromatic carbocycles. The maximum atomic E-state index is 12.5. The zero-order valence-electron chi connectivity index (χ0n) is 14.6. The zero-order chi connectivity index (χ0) is 17.5. The number of benzene rings is 1. The average Bonchev–Trinajstić information content (AvgIpc) is 2.68. The van der Waals surface area contributed by atoms with Crippen LogP contribution in [0.1, 0.15) is 18.4 Å². The van der Waals surface area contributed by atoms with Crippen molar-refractivity contribution in [3.63, 3.8) is 0 Å². The number of carbonyl (C=O) groups excluding carboxylic acids is 1. The largest absolute Gasteiger partial charge is 0.497 e. The molecule has 0 saturated carbocycles. The highest BCUT2D eigenvalue weighted by Gasteiger charge is 2.24. The van der Waals surface area contributed by atoms with Gasteiger partial charge in [0.05, 0.1) is 20.1 Å². The Balaban J connectivity index is 1.49. The molecule has 1 fully saturated rings. The molecule has 1 aliphatic rings. The number of rotatable bonds is 6. The topological polar surface area (TPSA) is 51.7 Å². The minimum atomic E-state index is 0.169. The maximum absolute atomic E-state index is 12.5. The zero-order valence-corrected chi connectivity index (χ0v) is 14.6. The van der Waals surface area contributed by atoms with Gasteiger partial charge in [0.15, 0.2) is 0 Å². The standard InChI is InChI=1S/C20H24N2O3/c1-24-18-6-8-19(9-7-18)25-15-17-5-3-11-22(14-17)20(23)12-16-4-2-10-21-13-16/h2,4,6-10,13,17H,3,5,11-12,14-15H2,1H3. The number of hydrogen-bond acceptors (Lipinski definition) is 4. The SMILES string of the molecule is COc1ccc(OCC2CCCN(C(=O)Cc3cccnc3)C2)cc1. The van der Waals surface area contributed by atoms with Gasteiger partial charge in [-0.25, -0.2) is 0 Å². The summed E-state index contributed by atoms with van der Waals surface area (Å²) >= 11 is 0. The van der Waals surface area contributed by atoms with Crippen LogP contribution in [0, 0.1) is 5.92 Å². The quantitative estimate of drug-likeness (QED) is 0.811. The van der Waals surface area contributed by atoms with Gasteiger partial charge in [0.2, 0.25) is 5.91 Å². The van der Waals surface area contributed by atoms with E-state index in [9.17, 15) is 4.79 Å². The van der Waals surface area contributed by atoms with Crippen molar-refractivity contribution in [2.75, 3.05) is 26.8 Å². The van der Waals surface area contributed by atoms with Crippen molar-refractivity contribution in [3.8, 4) is 11.5 Å². The van der Waals surface area contributed by atoms with Gasteiger partial charge < -0.3 is 14.4 Å². The first kappa shape index (κ1) is 17.3. The van der Waals surface area contributed by atoms with Gasteiger partial charge in [-0.05, 0) is 48.7 Å². The molecule has 2 heterocycles. The molecule has 1 atom stereocenters. The molecule has 0 N–H and O–H groups in total. The second-order valence-electron chi connectivity index (χ2n) is 6.37. The molecule has 1 amide bonds. The fraction of sp³-hybridized carbons (Fsp3) is 0.400. The number of aromatic nitrogens is 1. The fourth-order valence-electron chi connectivity index (χ4n) is 3.10. The van der Waals surface area contributed by atoms with E-state index in [1.54, 1.807) is 19.5 Å². The molecule has 3 rings (SSSR count). The van der Waals surface area contributed by atoms with Crippen LogP contribution in [-0.4, -0.2) is 42.6 Å². The third-order valence-corrected chi connectivity index (χ3v) is 4.49. The van der Waals surface area contributed by atoms with Crippen molar-refractivity contribution >= 4 is 5.91 Å². The maximum Gasteiger partial charge on any atom is 0.227 e. The van der Waals surface area contributed by atoms with Crippen molar-refractivity contribution in [1.82, 2.24) is 9.88 Å². The van der Waals surface area contributed by atoms with Crippen molar-refractivity contribution in [2.24, 2.45) is 5.92 Å². The molecule has 25 heavy (non-hydrogen) atoms. The van der Waals surface area contributed by atoms with Crippen LogP contribution in [0.2, 0.25) is 0 Å². The van der Waals surface area contributed by atoms with E-state index < -0.39 is 0 Å². The molecule has 0 bridgehead atoms. The lowest BCUT2D eigenvalue weighted by Gasteiger charge is -2.32. The number of hydrogen-bond donors (Lipinski definition) is 0. The first-order valence-corrected chi connectivity index (χ1v) is 8.68. The molecule has 0 radical (unpaired) electrons. The number of methoxy groups -OCH3 is 1. The lowest BCUT2D eigenvalue weighted by Crippen LogP contribution is -2.42. The predicted octanol–water partition coefficient (Wildman–Crippen LogP) is 2.95. The Morgan fingerprint density at radius 1 is 1.24 bits per heavy atom. The summed E-state index contributed by atoms with van der Waals surface area (Å²) in [6.07, 6.45) is 6.01. The van der Waals surface area contributed by atoms with Crippen LogP contribution < -0.4 is 9.47 Å². The second-order valence-corrected chi connectivity index (χ2v) is 6.37. The van der Waals surface area contributed by atoms with Crippen LogP contribution >= 0.6 is 0 Å². The number of likely N-dealkylation sites (tertiary alicyclic amines) is 1. The Kier molecular flexibility index (Phi) is 5.88. The molecule has 5 heteroatoms. The average molecular weight is 340 g/mol. The van der Waals surface area contributed by atoms with Crippen LogP contribution in [0.4, 0.5) is 0 Å². The summed E-state index contributed by atoms with van der Waals surface area (Å²) in [6.45, 7) is 2.22. The lowest BCUT2D eigenvalue weighted by molar-refractivity contribution is -0.132. The normalized spacial score (nSPS) is 17.2. The molecule has 1 aliphatic heterocycles. The summed E-state index contributed by atoms with van der Waals surface area (Å²) in [4.78, 5) is 18.5. The van der Waals surface area contributed by atoms with E-state index in [-0.39, 0.29) is 5.91 Å². The monoisotopic (exact) mass is 340 g/mol. The Hall–Kier alpha value is -2.56. The van der Waals surface area contributed by atoms with Gasteiger partial charge in [0.1, 0.15) is 11.5 Å². The Labute approximate surface area is 148 Å². The number of amides is 1. The van der Waals surface area contributed by atoms with Crippen LogP contribution in [0.25, 0.3) is 0 Å². The molecule has 0 aliphatic carbocycles. The highest BCUT2D eigenvalue weighted by Crippen LogP contribution is 2.21. The third-order valence-electron chi connectivity index (χ3n) is 4.49. The van der Waals surface area contributed by atoms with Crippen LogP contribution in [0.3, 0.4) is 0 Å². The summed E-state index contributed by atoms with van der Waals surface area (Å²) in [6, 6.07) is 11.4. The summed E-state index contributed by atoms with van der Waals surface area (Å²) in [7, 11) is 1.65. The van der Waals surface area contributed by atoms with E-state index in [4.69, 9.17) is 9.47 Å². The van der Waals surface area contributed by atoms with E-state index >= 15 is 0 Å². The first-order valence-electron chi connectivity index (χ1n) is 8.68. The predicted molar refractivity (Wildman–Crippen MR) is 95.7 cm³/mol. The highest BCUT2D eigenvalue weighted by atomic mass is 16.5. The van der Waals surface area contributed by atoms with Crippen molar-refractivity contribution in [1.29, 1.82) is 0 Å². The number of ether oxygens (including phenoxy) is 2. The lowest BCUT2D eigenvalue weighted by atomic mass is 9.98. The fourth-order valence-corrected chi connectivity index (χ4v) is 3.10. The van der Waals surface area contributed by atoms with Crippen molar-refractivity contribution in [3.05, 3.63) is 54.4 Å². The second kappa shape index (κ2) is 8.51. The number of piperidine rings is 1. The molecule has 2 aromatic rings. The van der Waals surface area contributed by atoms with Gasteiger partial charge in [0.25, 0.3) is 0 Å². The molecule has 5 nitrogen and oxygen atoms in total. The van der Waals surface area contributed by atoms with Gasteiger partial charge in [-0.3, -0.25) is 9.78 Å². The number of carbonyl (C=O) groups is 1. The van der Waals surface area contributed by atoms with Crippen molar-refractivity contribution in [2.45, 2.75) is 19.3 Å². The van der Waals surface area contributed by atoms with Crippen LogP contribution in [0.15, 0.2) is 48.8 Å². The minimum Gasteiger partial charge on any atom is -0.497 e. The van der Waals surface area contributed by atoms with Crippen LogP contribution in [0.5, 0.6) is 11.5 Å². The summed E-state index contributed by atoms with van der Waals surface area (Å²) < 4.78 is 11.0. The van der Waals surface area contributed by atoms with Gasteiger partial charge in [0, 0.05) is 31.4 Å². The Morgan fingerprint density at radius 3 is 2.76 bits per heavy atom.